The number of esters is 1. The number of sulfone groups is 1. The fourth-order valence-electron chi connectivity index (χ4n) is 3.62. The normalized spacial score (nSPS) is 23.5. The van der Waals surface area contributed by atoms with Crippen LogP contribution in [-0.4, -0.2) is 69.0 Å². The van der Waals surface area contributed by atoms with E-state index in [1.165, 1.54) is 7.11 Å². The van der Waals surface area contributed by atoms with Gasteiger partial charge < -0.3 is 10.1 Å². The number of nitrogens with one attached hydrogen (secondary N) is 1. The lowest BCUT2D eigenvalue weighted by Crippen LogP contribution is -2.48. The van der Waals surface area contributed by atoms with Crippen molar-refractivity contribution in [3.8, 4) is 0 Å². The van der Waals surface area contributed by atoms with Gasteiger partial charge in [0.15, 0.2) is 9.84 Å². The highest BCUT2D eigenvalue weighted by atomic mass is 32.2. The Kier molecular flexibility index (Phi) is 5.62. The van der Waals surface area contributed by atoms with Crippen molar-refractivity contribution in [2.24, 2.45) is 0 Å². The van der Waals surface area contributed by atoms with Gasteiger partial charge in [0.2, 0.25) is 0 Å². The lowest BCUT2D eigenvalue weighted by Gasteiger charge is -2.35. The summed E-state index contributed by atoms with van der Waals surface area (Å²) in [5.74, 6) is -0.0477. The van der Waals surface area contributed by atoms with Crippen LogP contribution in [-0.2, 0) is 14.6 Å². The van der Waals surface area contributed by atoms with E-state index in [0.717, 1.165) is 25.9 Å². The molecule has 1 N–H and O–H groups in total. The maximum absolute atomic E-state index is 12.4. The van der Waals surface area contributed by atoms with Crippen molar-refractivity contribution in [1.82, 2.24) is 10.2 Å². The summed E-state index contributed by atoms with van der Waals surface area (Å²) in [6, 6.07) is 6.58. The Hall–Kier alpha value is -1.93. The predicted molar refractivity (Wildman–Crippen MR) is 96.9 cm³/mol. The van der Waals surface area contributed by atoms with Gasteiger partial charge >= 0.3 is 5.97 Å². The predicted octanol–water partition coefficient (Wildman–Crippen LogP) is 0.855. The molecule has 0 radical (unpaired) electrons. The second-order valence-electron chi connectivity index (χ2n) is 6.91. The second-order valence-corrected chi connectivity index (χ2v) is 9.14. The third-order valence-corrected chi connectivity index (χ3v) is 6.91. The minimum absolute atomic E-state index is 0.0806. The molecule has 1 amide bonds. The topological polar surface area (TPSA) is 92.8 Å². The average Bonchev–Trinajstić information content (AvgIpc) is 3.01. The highest BCUT2D eigenvalue weighted by molar-refractivity contribution is 7.91. The molecule has 26 heavy (non-hydrogen) atoms. The van der Waals surface area contributed by atoms with Gasteiger partial charge in [0, 0.05) is 30.7 Å². The van der Waals surface area contributed by atoms with Gasteiger partial charge in [0.25, 0.3) is 5.91 Å². The third-order valence-electron chi connectivity index (χ3n) is 5.16. The number of nitrogens with zero attached hydrogens (tertiary/aromatic N) is 1. The Morgan fingerprint density at radius 3 is 2.23 bits per heavy atom. The van der Waals surface area contributed by atoms with Gasteiger partial charge in [-0.1, -0.05) is 0 Å². The molecular formula is C18H24N2O5S. The molecule has 7 nitrogen and oxygen atoms in total. The number of benzene rings is 1. The van der Waals surface area contributed by atoms with Gasteiger partial charge in [-0.05, 0) is 43.5 Å². The van der Waals surface area contributed by atoms with Crippen LogP contribution in [0.5, 0.6) is 0 Å². The molecule has 2 saturated heterocycles. The number of hydrogen-bond donors (Lipinski definition) is 1. The molecule has 1 aromatic carbocycles. The summed E-state index contributed by atoms with van der Waals surface area (Å²) in [5, 5.41) is 3.03. The number of likely N-dealkylation sites (tertiary alicyclic amines) is 1. The lowest BCUT2D eigenvalue weighted by molar-refractivity contribution is 0.0600. The number of amides is 1. The Morgan fingerprint density at radius 1 is 1.08 bits per heavy atom. The molecule has 1 aromatic rings. The van der Waals surface area contributed by atoms with Gasteiger partial charge in [-0.3, -0.25) is 9.69 Å². The summed E-state index contributed by atoms with van der Waals surface area (Å²) < 4.78 is 27.9. The molecule has 0 aromatic heterocycles. The van der Waals surface area contributed by atoms with E-state index < -0.39 is 15.8 Å². The highest BCUT2D eigenvalue weighted by Gasteiger charge is 2.34. The molecule has 142 valence electrons. The molecule has 0 bridgehead atoms. The van der Waals surface area contributed by atoms with Crippen LogP contribution < -0.4 is 5.32 Å². The fraction of sp³-hybridized carbons (Fsp3) is 0.556. The van der Waals surface area contributed by atoms with Crippen molar-refractivity contribution in [2.75, 3.05) is 31.7 Å². The minimum Gasteiger partial charge on any atom is -0.465 e. The smallest absolute Gasteiger partial charge is 0.337 e. The average molecular weight is 380 g/mol. The number of methoxy groups -OCH3 is 1. The molecule has 0 aliphatic carbocycles. The Balaban J connectivity index is 1.50. The monoisotopic (exact) mass is 380 g/mol. The zero-order valence-corrected chi connectivity index (χ0v) is 15.6. The summed E-state index contributed by atoms with van der Waals surface area (Å²) in [5.41, 5.74) is 0.908. The van der Waals surface area contributed by atoms with Crippen LogP contribution in [0.2, 0.25) is 0 Å². The van der Waals surface area contributed by atoms with E-state index in [1.54, 1.807) is 24.3 Å². The quantitative estimate of drug-likeness (QED) is 0.779. The van der Waals surface area contributed by atoms with E-state index in [2.05, 4.69) is 15.0 Å². The zero-order chi connectivity index (χ0) is 18.7. The van der Waals surface area contributed by atoms with Crippen molar-refractivity contribution in [2.45, 2.75) is 31.3 Å². The number of ether oxygens (including phenoxy) is 1. The summed E-state index contributed by atoms with van der Waals surface area (Å²) in [6.45, 7) is 1.60. The second kappa shape index (κ2) is 7.75. The minimum atomic E-state index is -2.87. The SMILES string of the molecule is COC(=O)c1ccc(C(=O)NC2CCN([C@@H]3CCS(=O)(=O)C3)CC2)cc1. The fourth-order valence-corrected chi connectivity index (χ4v) is 5.38. The van der Waals surface area contributed by atoms with Crippen LogP contribution >= 0.6 is 0 Å². The number of rotatable bonds is 4. The summed E-state index contributed by atoms with van der Waals surface area (Å²) in [7, 11) is -1.55. The largest absolute Gasteiger partial charge is 0.465 e. The van der Waals surface area contributed by atoms with Crippen molar-refractivity contribution >= 4 is 21.7 Å². The van der Waals surface area contributed by atoms with E-state index >= 15 is 0 Å². The van der Waals surface area contributed by atoms with Crippen molar-refractivity contribution in [1.29, 1.82) is 0 Å². The summed E-state index contributed by atoms with van der Waals surface area (Å²) in [4.78, 5) is 26.0. The van der Waals surface area contributed by atoms with Crippen molar-refractivity contribution in [3.05, 3.63) is 35.4 Å². The van der Waals surface area contributed by atoms with E-state index in [-0.39, 0.29) is 29.5 Å². The molecule has 2 heterocycles. The summed E-state index contributed by atoms with van der Waals surface area (Å²) in [6.07, 6.45) is 2.33. The van der Waals surface area contributed by atoms with Crippen LogP contribution in [0, 0.1) is 0 Å². The molecule has 2 aliphatic heterocycles. The van der Waals surface area contributed by atoms with Crippen molar-refractivity contribution < 1.29 is 22.7 Å². The van der Waals surface area contributed by atoms with E-state index in [1.807, 2.05) is 0 Å². The van der Waals surface area contributed by atoms with Crippen LogP contribution in [0.1, 0.15) is 40.0 Å². The molecule has 2 aliphatic rings. The Bertz CT molecular complexity index is 767. The number of piperidine rings is 1. The lowest BCUT2D eigenvalue weighted by atomic mass is 10.0. The van der Waals surface area contributed by atoms with E-state index in [9.17, 15) is 18.0 Å². The molecular weight excluding hydrogens is 356 g/mol. The molecule has 0 spiro atoms. The molecule has 2 fully saturated rings. The molecule has 1 atom stereocenters. The Morgan fingerprint density at radius 2 is 1.69 bits per heavy atom. The molecule has 8 heteroatoms. The number of hydrogen-bond acceptors (Lipinski definition) is 6. The first-order valence-electron chi connectivity index (χ1n) is 8.81. The van der Waals surface area contributed by atoms with Gasteiger partial charge in [0.05, 0.1) is 24.2 Å². The van der Waals surface area contributed by atoms with Gasteiger partial charge in [-0.25, -0.2) is 13.2 Å². The number of carbonyl (C=O) groups excluding carboxylic acids is 2. The maximum atomic E-state index is 12.4. The van der Waals surface area contributed by atoms with Gasteiger partial charge in [-0.2, -0.15) is 0 Å². The third kappa shape index (κ3) is 4.42. The van der Waals surface area contributed by atoms with Crippen LogP contribution in [0.3, 0.4) is 0 Å². The summed E-state index contributed by atoms with van der Waals surface area (Å²) >= 11 is 0. The number of carbonyl (C=O) groups is 2. The first kappa shape index (κ1) is 18.8. The van der Waals surface area contributed by atoms with E-state index in [0.29, 0.717) is 17.5 Å². The first-order chi connectivity index (χ1) is 12.4. The van der Waals surface area contributed by atoms with Crippen LogP contribution in [0.25, 0.3) is 0 Å². The van der Waals surface area contributed by atoms with Crippen LogP contribution in [0.15, 0.2) is 24.3 Å². The van der Waals surface area contributed by atoms with Crippen molar-refractivity contribution in [3.63, 3.8) is 0 Å². The highest BCUT2D eigenvalue weighted by Crippen LogP contribution is 2.22. The van der Waals surface area contributed by atoms with E-state index in [4.69, 9.17) is 0 Å². The first-order valence-corrected chi connectivity index (χ1v) is 10.6. The van der Waals surface area contributed by atoms with Crippen LogP contribution in [0.4, 0.5) is 0 Å². The Labute approximate surface area is 153 Å². The van der Waals surface area contributed by atoms with Gasteiger partial charge in [-0.15, -0.1) is 0 Å². The maximum Gasteiger partial charge on any atom is 0.337 e. The molecule has 0 saturated carbocycles. The standard InChI is InChI=1S/C18H24N2O5S/c1-25-18(22)14-4-2-13(3-5-14)17(21)19-15-6-9-20(10-7-15)16-8-11-26(23,24)12-16/h2-5,15-16H,6-12H2,1H3,(H,19,21)/t16-/m1/s1. The molecule has 3 rings (SSSR count). The molecule has 0 unspecified atom stereocenters. The zero-order valence-electron chi connectivity index (χ0n) is 14.8. The van der Waals surface area contributed by atoms with Gasteiger partial charge in [0.1, 0.15) is 0 Å².